The molecule has 3 aromatic rings. The molecule has 2 aromatic carbocycles. The average Bonchev–Trinajstić information content (AvgIpc) is 3.59. The highest BCUT2D eigenvalue weighted by atomic mass is 32.2. The van der Waals surface area contributed by atoms with Gasteiger partial charge in [0.1, 0.15) is 0 Å². The first-order chi connectivity index (χ1) is 15.1. The molecule has 1 aliphatic rings. The number of hydrogen-bond acceptors (Lipinski definition) is 6. The van der Waals surface area contributed by atoms with Gasteiger partial charge in [-0.15, -0.1) is 0 Å². The maximum atomic E-state index is 5.71. The Kier molecular flexibility index (Phi) is 6.09. The minimum Gasteiger partial charge on any atom is -0.404 e. The van der Waals surface area contributed by atoms with Gasteiger partial charge in [-0.2, -0.15) is 0 Å². The molecule has 158 valence electrons. The summed E-state index contributed by atoms with van der Waals surface area (Å²) in [5.74, 6) is 0.575. The van der Waals surface area contributed by atoms with Crippen molar-refractivity contribution < 1.29 is 0 Å². The van der Waals surface area contributed by atoms with Crippen LogP contribution in [0.15, 0.2) is 70.7 Å². The number of allylic oxidation sites excluding steroid dienone is 1. The van der Waals surface area contributed by atoms with E-state index in [1.165, 1.54) is 34.8 Å². The molecule has 1 heterocycles. The van der Waals surface area contributed by atoms with Crippen LogP contribution in [-0.4, -0.2) is 23.2 Å². The van der Waals surface area contributed by atoms with E-state index in [0.29, 0.717) is 5.95 Å². The molecule has 0 spiro atoms. The molecule has 5 nitrogen and oxygen atoms in total. The van der Waals surface area contributed by atoms with Gasteiger partial charge >= 0.3 is 0 Å². The van der Waals surface area contributed by atoms with Crippen molar-refractivity contribution in [3.8, 4) is 11.3 Å². The number of aromatic nitrogens is 2. The SMILES string of the molecule is CN=CC(=CN)SNc1nc(-c2c(C)cccc2C)cc(C2(c3ccccc3)CC2)n1. The Hall–Kier alpha value is -3.12. The number of nitrogens with two attached hydrogens (primary N) is 1. The zero-order chi connectivity index (χ0) is 21.8. The van der Waals surface area contributed by atoms with Crippen LogP contribution >= 0.6 is 11.9 Å². The summed E-state index contributed by atoms with van der Waals surface area (Å²) in [6, 6.07) is 19.2. The molecule has 6 heteroatoms. The lowest BCUT2D eigenvalue weighted by atomic mass is 9.90. The van der Waals surface area contributed by atoms with Gasteiger partial charge in [-0.05, 0) is 61.4 Å². The van der Waals surface area contributed by atoms with E-state index in [9.17, 15) is 0 Å². The summed E-state index contributed by atoms with van der Waals surface area (Å²) in [6.07, 6.45) is 5.40. The molecule has 1 aliphatic carbocycles. The summed E-state index contributed by atoms with van der Waals surface area (Å²) >= 11 is 1.36. The van der Waals surface area contributed by atoms with Crippen LogP contribution in [0.4, 0.5) is 5.95 Å². The van der Waals surface area contributed by atoms with Crippen molar-refractivity contribution in [2.75, 3.05) is 11.8 Å². The molecule has 4 rings (SSSR count). The lowest BCUT2D eigenvalue weighted by Gasteiger charge is -2.19. The highest BCUT2D eigenvalue weighted by Gasteiger charge is 2.47. The third kappa shape index (κ3) is 4.35. The Morgan fingerprint density at radius 3 is 2.39 bits per heavy atom. The first-order valence-electron chi connectivity index (χ1n) is 10.4. The minimum atomic E-state index is -0.0476. The van der Waals surface area contributed by atoms with E-state index in [2.05, 4.69) is 78.2 Å². The monoisotopic (exact) mass is 429 g/mol. The number of benzene rings is 2. The summed E-state index contributed by atoms with van der Waals surface area (Å²) in [7, 11) is 1.72. The molecule has 0 aliphatic heterocycles. The van der Waals surface area contributed by atoms with E-state index in [1.807, 2.05) is 0 Å². The lowest BCUT2D eigenvalue weighted by Crippen LogP contribution is -2.13. The van der Waals surface area contributed by atoms with Crippen LogP contribution in [0.25, 0.3) is 11.3 Å². The molecule has 0 bridgehead atoms. The summed E-state index contributed by atoms with van der Waals surface area (Å²) in [5.41, 5.74) is 12.5. The van der Waals surface area contributed by atoms with Gasteiger partial charge < -0.3 is 5.73 Å². The first kappa shape index (κ1) is 21.1. The highest BCUT2D eigenvalue weighted by Crippen LogP contribution is 2.53. The Labute approximate surface area is 188 Å². The van der Waals surface area contributed by atoms with Crippen molar-refractivity contribution >= 4 is 24.1 Å². The zero-order valence-corrected chi connectivity index (χ0v) is 18.9. The van der Waals surface area contributed by atoms with Crippen LogP contribution in [0, 0.1) is 13.8 Å². The molecule has 3 N–H and O–H groups in total. The molecule has 1 saturated carbocycles. The third-order valence-electron chi connectivity index (χ3n) is 5.71. The second kappa shape index (κ2) is 8.94. The first-order valence-corrected chi connectivity index (χ1v) is 11.2. The molecule has 0 amide bonds. The van der Waals surface area contributed by atoms with E-state index in [-0.39, 0.29) is 5.41 Å². The Morgan fingerprint density at radius 2 is 1.77 bits per heavy atom. The molecular weight excluding hydrogens is 402 g/mol. The van der Waals surface area contributed by atoms with E-state index in [1.54, 1.807) is 13.3 Å². The standard InChI is InChI=1S/C25H27N5S/c1-17-8-7-9-18(2)23(17)21-14-22(25(12-13-25)19-10-5-4-6-11-19)29-24(28-21)30-31-20(15-26)16-27-3/h4-11,14-16H,12-13,26H2,1-3H3,(H,28,29,30). The van der Waals surface area contributed by atoms with Crippen molar-refractivity contribution in [3.05, 3.63) is 88.1 Å². The van der Waals surface area contributed by atoms with E-state index >= 15 is 0 Å². The average molecular weight is 430 g/mol. The normalized spacial score (nSPS) is 15.3. The number of aryl methyl sites for hydroxylation is 2. The van der Waals surface area contributed by atoms with E-state index in [0.717, 1.165) is 34.7 Å². The summed E-state index contributed by atoms with van der Waals surface area (Å²) in [4.78, 5) is 14.6. The van der Waals surface area contributed by atoms with Crippen LogP contribution in [0.1, 0.15) is 35.2 Å². The predicted octanol–water partition coefficient (Wildman–Crippen LogP) is 5.40. The number of nitrogens with one attached hydrogen (secondary N) is 1. The number of nitrogens with zero attached hydrogens (tertiary/aromatic N) is 3. The van der Waals surface area contributed by atoms with Crippen molar-refractivity contribution in [2.45, 2.75) is 32.1 Å². The van der Waals surface area contributed by atoms with Crippen molar-refractivity contribution in [3.63, 3.8) is 0 Å². The molecular formula is C25H27N5S. The molecule has 31 heavy (non-hydrogen) atoms. The van der Waals surface area contributed by atoms with Crippen LogP contribution in [0.3, 0.4) is 0 Å². The fourth-order valence-electron chi connectivity index (χ4n) is 3.99. The lowest BCUT2D eigenvalue weighted by molar-refractivity contribution is 0.799. The fourth-order valence-corrected chi connectivity index (χ4v) is 4.52. The Balaban J connectivity index is 1.80. The fraction of sp³-hybridized carbons (Fsp3) is 0.240. The van der Waals surface area contributed by atoms with Crippen LogP contribution < -0.4 is 10.5 Å². The molecule has 0 unspecified atom stereocenters. The number of aliphatic imine (C=N–C) groups is 1. The number of rotatable bonds is 7. The third-order valence-corrected chi connectivity index (χ3v) is 6.47. The number of hydrogen-bond donors (Lipinski definition) is 2. The van der Waals surface area contributed by atoms with Gasteiger partial charge in [0.25, 0.3) is 0 Å². The molecule has 0 saturated heterocycles. The van der Waals surface area contributed by atoms with E-state index < -0.39 is 0 Å². The van der Waals surface area contributed by atoms with Gasteiger partial charge in [0.2, 0.25) is 5.95 Å². The van der Waals surface area contributed by atoms with Crippen molar-refractivity contribution in [2.24, 2.45) is 10.7 Å². The summed E-state index contributed by atoms with van der Waals surface area (Å²) in [5, 5.41) is 0. The quantitative estimate of drug-likeness (QED) is 0.388. The van der Waals surface area contributed by atoms with Crippen LogP contribution in [0.2, 0.25) is 0 Å². The van der Waals surface area contributed by atoms with Crippen molar-refractivity contribution in [1.29, 1.82) is 0 Å². The smallest absolute Gasteiger partial charge is 0.233 e. The number of anilines is 1. The van der Waals surface area contributed by atoms with Gasteiger partial charge in [0, 0.05) is 30.4 Å². The molecule has 1 aromatic heterocycles. The summed E-state index contributed by atoms with van der Waals surface area (Å²) < 4.78 is 3.28. The zero-order valence-electron chi connectivity index (χ0n) is 18.1. The second-order valence-electron chi connectivity index (χ2n) is 7.84. The van der Waals surface area contributed by atoms with Crippen LogP contribution in [0.5, 0.6) is 0 Å². The topological polar surface area (TPSA) is 76.2 Å². The maximum absolute atomic E-state index is 5.71. The van der Waals surface area contributed by atoms with Gasteiger partial charge in [0.15, 0.2) is 0 Å². The largest absolute Gasteiger partial charge is 0.404 e. The molecule has 1 fully saturated rings. The minimum absolute atomic E-state index is 0.0476. The predicted molar refractivity (Wildman–Crippen MR) is 131 cm³/mol. The Bertz CT molecular complexity index is 1110. The van der Waals surface area contributed by atoms with Crippen LogP contribution in [-0.2, 0) is 5.41 Å². The van der Waals surface area contributed by atoms with Gasteiger partial charge in [-0.1, -0.05) is 48.5 Å². The maximum Gasteiger partial charge on any atom is 0.233 e. The highest BCUT2D eigenvalue weighted by molar-refractivity contribution is 8.05. The van der Waals surface area contributed by atoms with E-state index in [4.69, 9.17) is 15.7 Å². The second-order valence-corrected chi connectivity index (χ2v) is 8.72. The molecule has 0 radical (unpaired) electrons. The Morgan fingerprint density at radius 1 is 1.06 bits per heavy atom. The van der Waals surface area contributed by atoms with Gasteiger partial charge in [-0.3, -0.25) is 9.71 Å². The van der Waals surface area contributed by atoms with Gasteiger partial charge in [0.05, 0.1) is 16.3 Å². The molecule has 0 atom stereocenters. The summed E-state index contributed by atoms with van der Waals surface area (Å²) in [6.45, 7) is 4.26. The van der Waals surface area contributed by atoms with Gasteiger partial charge in [-0.25, -0.2) is 9.97 Å². The van der Waals surface area contributed by atoms with Crippen molar-refractivity contribution in [1.82, 2.24) is 9.97 Å².